The smallest absolute Gasteiger partial charge is 0.257 e. The molecule has 1 atom stereocenters. The summed E-state index contributed by atoms with van der Waals surface area (Å²) in [4.78, 5) is 15.0. The number of carbonyl (C=O) groups is 1. The molecule has 4 aromatic rings. The van der Waals surface area contributed by atoms with Crippen LogP contribution in [0.25, 0.3) is 5.65 Å². The number of likely N-dealkylation sites (tertiary alicyclic amines) is 1. The summed E-state index contributed by atoms with van der Waals surface area (Å²) in [6, 6.07) is 16.0. The van der Waals surface area contributed by atoms with E-state index in [0.717, 1.165) is 36.4 Å². The highest BCUT2D eigenvalue weighted by Crippen LogP contribution is 2.27. The van der Waals surface area contributed by atoms with Crippen LogP contribution in [0.2, 0.25) is 0 Å². The molecule has 7 nitrogen and oxygen atoms in total. The molecule has 0 N–H and O–H groups in total. The zero-order chi connectivity index (χ0) is 19.6. The van der Waals surface area contributed by atoms with Crippen LogP contribution in [0.15, 0.2) is 67.1 Å². The van der Waals surface area contributed by atoms with Crippen LogP contribution in [-0.4, -0.2) is 48.3 Å². The summed E-state index contributed by atoms with van der Waals surface area (Å²) in [5.74, 6) is 1.14. The lowest BCUT2D eigenvalue weighted by Gasteiger charge is -2.31. The van der Waals surface area contributed by atoms with Crippen LogP contribution in [0.1, 0.15) is 40.5 Å². The first kappa shape index (κ1) is 17.6. The second kappa shape index (κ2) is 7.50. The van der Waals surface area contributed by atoms with Crippen LogP contribution >= 0.6 is 0 Å². The van der Waals surface area contributed by atoms with Crippen molar-refractivity contribution in [2.24, 2.45) is 0 Å². The molecule has 29 heavy (non-hydrogen) atoms. The molecule has 0 bridgehead atoms. The van der Waals surface area contributed by atoms with Gasteiger partial charge in [-0.25, -0.2) is 0 Å². The first-order chi connectivity index (χ1) is 14.3. The van der Waals surface area contributed by atoms with Crippen molar-refractivity contribution in [3.63, 3.8) is 0 Å². The van der Waals surface area contributed by atoms with Gasteiger partial charge in [0.2, 0.25) is 0 Å². The van der Waals surface area contributed by atoms with E-state index >= 15 is 0 Å². The monoisotopic (exact) mass is 386 g/mol. The molecule has 0 saturated carbocycles. The molecule has 1 aliphatic rings. The van der Waals surface area contributed by atoms with Gasteiger partial charge in [0.15, 0.2) is 5.65 Å². The predicted molar refractivity (Wildman–Crippen MR) is 109 cm³/mol. The van der Waals surface area contributed by atoms with Gasteiger partial charge in [0.1, 0.15) is 5.82 Å². The van der Waals surface area contributed by atoms with Crippen molar-refractivity contribution in [1.29, 1.82) is 0 Å². The number of amides is 1. The summed E-state index contributed by atoms with van der Waals surface area (Å²) in [5, 5.41) is 13.0. The second-order valence-corrected chi connectivity index (χ2v) is 7.49. The van der Waals surface area contributed by atoms with Gasteiger partial charge in [0.05, 0.1) is 18.3 Å². The Morgan fingerprint density at radius 2 is 1.93 bits per heavy atom. The number of carbonyl (C=O) groups excluding carboxylic acids is 1. The highest BCUT2D eigenvalue weighted by molar-refractivity contribution is 5.93. The highest BCUT2D eigenvalue weighted by Gasteiger charge is 2.28. The molecular formula is C22H22N6O. The standard InChI is InChI=1S/C22H22N6O/c29-22(19-13-23-27(16-19)14-17-7-2-1-3-8-17)26-11-6-9-18(15-26)21-25-24-20-10-4-5-12-28(20)21/h1-5,7-8,10,12-13,16,18H,6,9,11,14-15H2. The van der Waals surface area contributed by atoms with Crippen LogP contribution in [0.5, 0.6) is 0 Å². The number of piperidine rings is 1. The van der Waals surface area contributed by atoms with Crippen molar-refractivity contribution in [3.8, 4) is 0 Å². The molecule has 0 radical (unpaired) electrons. The minimum absolute atomic E-state index is 0.0304. The van der Waals surface area contributed by atoms with E-state index < -0.39 is 0 Å². The predicted octanol–water partition coefficient (Wildman–Crippen LogP) is 2.99. The number of nitrogens with zero attached hydrogens (tertiary/aromatic N) is 6. The Bertz CT molecular complexity index is 1130. The van der Waals surface area contributed by atoms with E-state index in [1.165, 1.54) is 0 Å². The average molecular weight is 386 g/mol. The van der Waals surface area contributed by atoms with E-state index in [1.807, 2.05) is 62.8 Å². The van der Waals surface area contributed by atoms with Gasteiger partial charge in [-0.1, -0.05) is 36.4 Å². The first-order valence-electron chi connectivity index (χ1n) is 9.93. The lowest BCUT2D eigenvalue weighted by Crippen LogP contribution is -2.39. The molecule has 1 aliphatic heterocycles. The molecule has 3 aromatic heterocycles. The van der Waals surface area contributed by atoms with E-state index in [2.05, 4.69) is 27.4 Å². The zero-order valence-corrected chi connectivity index (χ0v) is 16.1. The Morgan fingerprint density at radius 1 is 1.07 bits per heavy atom. The Morgan fingerprint density at radius 3 is 2.83 bits per heavy atom. The highest BCUT2D eigenvalue weighted by atomic mass is 16.2. The Kier molecular flexibility index (Phi) is 4.56. The van der Waals surface area contributed by atoms with Crippen LogP contribution in [0.4, 0.5) is 0 Å². The first-order valence-corrected chi connectivity index (χ1v) is 9.93. The molecule has 5 rings (SSSR count). The maximum absolute atomic E-state index is 13.1. The number of hydrogen-bond donors (Lipinski definition) is 0. The molecule has 1 unspecified atom stereocenters. The summed E-state index contributed by atoms with van der Waals surface area (Å²) in [6.07, 6.45) is 7.45. The van der Waals surface area contributed by atoms with Crippen LogP contribution in [0.3, 0.4) is 0 Å². The van der Waals surface area contributed by atoms with Gasteiger partial charge in [0, 0.05) is 31.4 Å². The van der Waals surface area contributed by atoms with E-state index in [0.29, 0.717) is 18.7 Å². The molecule has 0 spiro atoms. The maximum Gasteiger partial charge on any atom is 0.257 e. The SMILES string of the molecule is O=C(c1cnn(Cc2ccccc2)c1)N1CCCC(c2nnc3ccccn23)C1. The second-order valence-electron chi connectivity index (χ2n) is 7.49. The average Bonchev–Trinajstić information content (AvgIpc) is 3.41. The third-order valence-electron chi connectivity index (χ3n) is 5.48. The molecule has 0 aliphatic carbocycles. The number of hydrogen-bond acceptors (Lipinski definition) is 4. The van der Waals surface area contributed by atoms with Gasteiger partial charge in [-0.15, -0.1) is 10.2 Å². The maximum atomic E-state index is 13.1. The quantitative estimate of drug-likeness (QED) is 0.541. The Balaban J connectivity index is 1.31. The van der Waals surface area contributed by atoms with E-state index in [-0.39, 0.29) is 11.8 Å². The topological polar surface area (TPSA) is 68.3 Å². The minimum atomic E-state index is 0.0304. The van der Waals surface area contributed by atoms with Crippen molar-refractivity contribution >= 4 is 11.6 Å². The van der Waals surface area contributed by atoms with Gasteiger partial charge in [-0.3, -0.25) is 13.9 Å². The van der Waals surface area contributed by atoms with Crippen molar-refractivity contribution in [2.75, 3.05) is 13.1 Å². The van der Waals surface area contributed by atoms with Crippen LogP contribution < -0.4 is 0 Å². The van der Waals surface area contributed by atoms with E-state index in [9.17, 15) is 4.79 Å². The summed E-state index contributed by atoms with van der Waals surface area (Å²) in [6.45, 7) is 2.07. The summed E-state index contributed by atoms with van der Waals surface area (Å²) >= 11 is 0. The fourth-order valence-electron chi connectivity index (χ4n) is 4.02. The molecule has 1 amide bonds. The van der Waals surface area contributed by atoms with Crippen LogP contribution in [0, 0.1) is 0 Å². The Hall–Kier alpha value is -3.48. The molecule has 4 heterocycles. The lowest BCUT2D eigenvalue weighted by atomic mass is 9.96. The number of fused-ring (bicyclic) bond motifs is 1. The summed E-state index contributed by atoms with van der Waals surface area (Å²) in [7, 11) is 0. The fourth-order valence-corrected chi connectivity index (χ4v) is 4.02. The number of pyridine rings is 1. The molecular weight excluding hydrogens is 364 g/mol. The molecule has 1 aromatic carbocycles. The number of benzene rings is 1. The van der Waals surface area contributed by atoms with Gasteiger partial charge in [0.25, 0.3) is 5.91 Å². The van der Waals surface area contributed by atoms with Crippen molar-refractivity contribution in [2.45, 2.75) is 25.3 Å². The Labute approximate surface area is 168 Å². The van der Waals surface area contributed by atoms with Gasteiger partial charge < -0.3 is 4.90 Å². The molecule has 1 saturated heterocycles. The molecule has 146 valence electrons. The van der Waals surface area contributed by atoms with Crippen molar-refractivity contribution in [3.05, 3.63) is 84.1 Å². The zero-order valence-electron chi connectivity index (χ0n) is 16.1. The minimum Gasteiger partial charge on any atom is -0.338 e. The summed E-state index contributed by atoms with van der Waals surface area (Å²) < 4.78 is 3.84. The van der Waals surface area contributed by atoms with Crippen molar-refractivity contribution < 1.29 is 4.79 Å². The van der Waals surface area contributed by atoms with E-state index in [4.69, 9.17) is 0 Å². The lowest BCUT2D eigenvalue weighted by molar-refractivity contribution is 0.0704. The normalized spacial score (nSPS) is 17.0. The number of aromatic nitrogens is 5. The largest absolute Gasteiger partial charge is 0.338 e. The third kappa shape index (κ3) is 3.51. The fraction of sp³-hybridized carbons (Fsp3) is 0.273. The van der Waals surface area contributed by atoms with Gasteiger partial charge in [-0.2, -0.15) is 5.10 Å². The van der Waals surface area contributed by atoms with E-state index in [1.54, 1.807) is 6.20 Å². The number of rotatable bonds is 4. The third-order valence-corrected chi connectivity index (χ3v) is 5.48. The molecule has 1 fully saturated rings. The summed E-state index contributed by atoms with van der Waals surface area (Å²) in [5.41, 5.74) is 2.63. The van der Waals surface area contributed by atoms with Gasteiger partial charge >= 0.3 is 0 Å². The molecule has 7 heteroatoms. The van der Waals surface area contributed by atoms with Crippen molar-refractivity contribution in [1.82, 2.24) is 29.3 Å². The van der Waals surface area contributed by atoms with Gasteiger partial charge in [-0.05, 0) is 30.5 Å². The van der Waals surface area contributed by atoms with Crippen LogP contribution in [-0.2, 0) is 6.54 Å².